The number of nitrogens with one attached hydrogen (secondary N) is 2. The number of sulfonamides is 1. The molecule has 1 aliphatic heterocycles. The molecule has 9 nitrogen and oxygen atoms in total. The van der Waals surface area contributed by atoms with Crippen LogP contribution in [0.25, 0.3) is 0 Å². The van der Waals surface area contributed by atoms with E-state index in [2.05, 4.69) is 36.8 Å². The minimum absolute atomic E-state index is 0.168. The molecule has 2 aliphatic carbocycles. The Labute approximate surface area is 188 Å². The second kappa shape index (κ2) is 8.31. The van der Waals surface area contributed by atoms with Crippen molar-refractivity contribution in [3.8, 4) is 0 Å². The van der Waals surface area contributed by atoms with Crippen molar-refractivity contribution >= 4 is 27.4 Å². The van der Waals surface area contributed by atoms with Crippen molar-refractivity contribution in [2.75, 3.05) is 16.2 Å². The van der Waals surface area contributed by atoms with E-state index in [1.807, 2.05) is 0 Å². The SMILES string of the molecule is CC1Cc2nc(C(=O)NCc3cc(NS(=O)(=O)C4CC4)ccn3)cnc2N(C2CCC2)C1. The van der Waals surface area contributed by atoms with Gasteiger partial charge in [0, 0.05) is 18.8 Å². The number of aromatic nitrogens is 3. The fourth-order valence-electron chi connectivity index (χ4n) is 4.27. The number of anilines is 2. The van der Waals surface area contributed by atoms with Gasteiger partial charge in [0.05, 0.1) is 35.1 Å². The lowest BCUT2D eigenvalue weighted by Gasteiger charge is -2.43. The molecule has 1 amide bonds. The fourth-order valence-corrected chi connectivity index (χ4v) is 5.65. The quantitative estimate of drug-likeness (QED) is 0.656. The topological polar surface area (TPSA) is 117 Å². The van der Waals surface area contributed by atoms with Crippen molar-refractivity contribution in [1.29, 1.82) is 0 Å². The fraction of sp³-hybridized carbons (Fsp3) is 0.545. The van der Waals surface area contributed by atoms with E-state index >= 15 is 0 Å². The summed E-state index contributed by atoms with van der Waals surface area (Å²) < 4.78 is 26.9. The van der Waals surface area contributed by atoms with Crippen molar-refractivity contribution < 1.29 is 13.2 Å². The average molecular weight is 457 g/mol. The Morgan fingerprint density at radius 3 is 2.75 bits per heavy atom. The van der Waals surface area contributed by atoms with Crippen LogP contribution in [-0.2, 0) is 23.0 Å². The lowest BCUT2D eigenvalue weighted by Crippen LogP contribution is -2.46. The van der Waals surface area contributed by atoms with Crippen LogP contribution >= 0.6 is 0 Å². The third kappa shape index (κ3) is 4.41. The van der Waals surface area contributed by atoms with E-state index in [4.69, 9.17) is 0 Å². The molecular weight excluding hydrogens is 428 g/mol. The molecule has 1 unspecified atom stereocenters. The number of fused-ring (bicyclic) bond motifs is 1. The highest BCUT2D eigenvalue weighted by atomic mass is 32.2. The third-order valence-corrected chi connectivity index (χ3v) is 8.23. The van der Waals surface area contributed by atoms with Gasteiger partial charge in [-0.15, -0.1) is 0 Å². The predicted octanol–water partition coefficient (Wildman–Crippen LogP) is 2.26. The van der Waals surface area contributed by atoms with Crippen LogP contribution in [0.1, 0.15) is 60.9 Å². The highest BCUT2D eigenvalue weighted by Gasteiger charge is 2.36. The molecule has 2 saturated carbocycles. The Morgan fingerprint density at radius 2 is 2.03 bits per heavy atom. The van der Waals surface area contributed by atoms with Gasteiger partial charge in [-0.2, -0.15) is 0 Å². The Hall–Kier alpha value is -2.75. The first kappa shape index (κ1) is 21.1. The van der Waals surface area contributed by atoms with Crippen LogP contribution in [-0.4, -0.2) is 47.1 Å². The highest BCUT2D eigenvalue weighted by molar-refractivity contribution is 7.93. The summed E-state index contributed by atoms with van der Waals surface area (Å²) in [6.07, 6.45) is 8.93. The molecule has 3 aliphatic rings. The Kier molecular flexibility index (Phi) is 5.48. The molecule has 170 valence electrons. The number of carbonyl (C=O) groups excluding carboxylic acids is 1. The van der Waals surface area contributed by atoms with Crippen molar-refractivity contribution in [1.82, 2.24) is 20.3 Å². The van der Waals surface area contributed by atoms with Gasteiger partial charge in [0.15, 0.2) is 5.82 Å². The Balaban J connectivity index is 1.25. The molecule has 1 atom stereocenters. The van der Waals surface area contributed by atoms with Crippen LogP contribution in [0.4, 0.5) is 11.5 Å². The second-order valence-electron chi connectivity index (χ2n) is 9.14. The first-order valence-electron chi connectivity index (χ1n) is 11.3. The monoisotopic (exact) mass is 456 g/mol. The van der Waals surface area contributed by atoms with Gasteiger partial charge in [-0.05, 0) is 56.6 Å². The van der Waals surface area contributed by atoms with Crippen LogP contribution in [0.2, 0.25) is 0 Å². The zero-order valence-corrected chi connectivity index (χ0v) is 18.9. The van der Waals surface area contributed by atoms with Gasteiger partial charge >= 0.3 is 0 Å². The summed E-state index contributed by atoms with van der Waals surface area (Å²) in [5, 5.41) is 2.52. The number of hydrogen-bond acceptors (Lipinski definition) is 7. The summed E-state index contributed by atoms with van der Waals surface area (Å²) in [5.41, 5.74) is 2.19. The minimum atomic E-state index is -3.34. The molecule has 3 heterocycles. The van der Waals surface area contributed by atoms with Gasteiger partial charge in [0.1, 0.15) is 5.69 Å². The molecule has 0 aromatic carbocycles. The summed E-state index contributed by atoms with van der Waals surface area (Å²) in [6, 6.07) is 3.78. The van der Waals surface area contributed by atoms with Crippen molar-refractivity contribution in [3.05, 3.63) is 41.6 Å². The van der Waals surface area contributed by atoms with E-state index in [1.165, 1.54) is 25.5 Å². The molecule has 32 heavy (non-hydrogen) atoms. The number of pyridine rings is 1. The number of hydrogen-bond donors (Lipinski definition) is 2. The van der Waals surface area contributed by atoms with E-state index in [9.17, 15) is 13.2 Å². The molecule has 2 aromatic rings. The van der Waals surface area contributed by atoms with E-state index in [-0.39, 0.29) is 23.4 Å². The molecule has 10 heteroatoms. The van der Waals surface area contributed by atoms with Gasteiger partial charge in [-0.1, -0.05) is 6.92 Å². The van der Waals surface area contributed by atoms with Gasteiger partial charge in [0.25, 0.3) is 5.91 Å². The molecule has 2 fully saturated rings. The smallest absolute Gasteiger partial charge is 0.271 e. The van der Waals surface area contributed by atoms with Crippen LogP contribution < -0.4 is 14.9 Å². The zero-order valence-electron chi connectivity index (χ0n) is 18.1. The normalized spacial score (nSPS) is 20.9. The standard InChI is InChI=1S/C22H28N6O3S/c1-14-9-19-21(28(13-14)17-3-2-4-17)24-12-20(26-19)22(29)25-11-16-10-15(7-8-23-16)27-32(30,31)18-5-6-18/h7-8,10,12,14,17-18H,2-6,9,11,13H2,1H3,(H,23,27)(H,25,29). The van der Waals surface area contributed by atoms with Crippen LogP contribution in [0.5, 0.6) is 0 Å². The van der Waals surface area contributed by atoms with Crippen molar-refractivity contribution in [2.45, 2.75) is 63.3 Å². The van der Waals surface area contributed by atoms with Crippen LogP contribution in [0.3, 0.4) is 0 Å². The Bertz CT molecular complexity index is 1130. The van der Waals surface area contributed by atoms with Gasteiger partial charge in [-0.3, -0.25) is 14.5 Å². The molecule has 2 aromatic heterocycles. The number of carbonyl (C=O) groups is 1. The summed E-state index contributed by atoms with van der Waals surface area (Å²) in [5.74, 6) is 1.07. The lowest BCUT2D eigenvalue weighted by molar-refractivity contribution is 0.0944. The molecule has 0 bridgehead atoms. The first-order valence-corrected chi connectivity index (χ1v) is 12.8. The van der Waals surface area contributed by atoms with E-state index in [0.717, 1.165) is 24.5 Å². The summed E-state index contributed by atoms with van der Waals surface area (Å²) >= 11 is 0. The lowest BCUT2D eigenvalue weighted by atomic mass is 9.88. The van der Waals surface area contributed by atoms with E-state index in [0.29, 0.717) is 36.2 Å². The maximum Gasteiger partial charge on any atom is 0.271 e. The molecule has 5 rings (SSSR count). The largest absolute Gasteiger partial charge is 0.352 e. The van der Waals surface area contributed by atoms with Gasteiger partial charge in [0.2, 0.25) is 10.0 Å². The third-order valence-electron chi connectivity index (χ3n) is 6.36. The van der Waals surface area contributed by atoms with Gasteiger partial charge in [-0.25, -0.2) is 18.4 Å². The molecule has 0 radical (unpaired) electrons. The van der Waals surface area contributed by atoms with E-state index < -0.39 is 10.0 Å². The average Bonchev–Trinajstić information content (AvgIpc) is 3.56. The first-order chi connectivity index (χ1) is 15.4. The highest BCUT2D eigenvalue weighted by Crippen LogP contribution is 2.34. The Morgan fingerprint density at radius 1 is 1.22 bits per heavy atom. The van der Waals surface area contributed by atoms with Crippen LogP contribution in [0, 0.1) is 5.92 Å². The zero-order chi connectivity index (χ0) is 22.3. The second-order valence-corrected chi connectivity index (χ2v) is 11.1. The van der Waals surface area contributed by atoms with Crippen LogP contribution in [0.15, 0.2) is 24.5 Å². The maximum absolute atomic E-state index is 12.7. The molecule has 0 saturated heterocycles. The van der Waals surface area contributed by atoms with Crippen molar-refractivity contribution in [2.24, 2.45) is 5.92 Å². The number of rotatable bonds is 7. The van der Waals surface area contributed by atoms with E-state index in [1.54, 1.807) is 18.3 Å². The predicted molar refractivity (Wildman–Crippen MR) is 121 cm³/mol. The molecular formula is C22H28N6O3S. The van der Waals surface area contributed by atoms with Crippen molar-refractivity contribution in [3.63, 3.8) is 0 Å². The molecule has 0 spiro atoms. The van der Waals surface area contributed by atoms with Gasteiger partial charge < -0.3 is 10.2 Å². The molecule has 2 N–H and O–H groups in total. The summed E-state index contributed by atoms with van der Waals surface area (Å²) in [7, 11) is -3.34. The number of nitrogens with zero attached hydrogens (tertiary/aromatic N) is 4. The minimum Gasteiger partial charge on any atom is -0.352 e. The number of amides is 1. The summed E-state index contributed by atoms with van der Waals surface area (Å²) in [6.45, 7) is 3.37. The summed E-state index contributed by atoms with van der Waals surface area (Å²) in [4.78, 5) is 28.5. The maximum atomic E-state index is 12.7.